The Morgan fingerprint density at radius 3 is 2.72 bits per heavy atom. The highest BCUT2D eigenvalue weighted by molar-refractivity contribution is 5.80. The van der Waals surface area contributed by atoms with Crippen molar-refractivity contribution in [1.29, 1.82) is 0 Å². The molecule has 2 fully saturated rings. The Labute approximate surface area is 107 Å². The van der Waals surface area contributed by atoms with E-state index in [-0.39, 0.29) is 17.6 Å². The van der Waals surface area contributed by atoms with Crippen molar-refractivity contribution < 1.29 is 9.90 Å². The second kappa shape index (κ2) is 4.39. The van der Waals surface area contributed by atoms with Crippen molar-refractivity contribution in [3.05, 3.63) is 35.9 Å². The predicted molar refractivity (Wildman–Crippen MR) is 68.8 cm³/mol. The van der Waals surface area contributed by atoms with Gasteiger partial charge in [-0.3, -0.25) is 4.79 Å². The van der Waals surface area contributed by atoms with Crippen LogP contribution >= 0.6 is 0 Å². The van der Waals surface area contributed by atoms with Crippen LogP contribution in [0.2, 0.25) is 0 Å². The van der Waals surface area contributed by atoms with Gasteiger partial charge in [0.2, 0.25) is 5.91 Å². The van der Waals surface area contributed by atoms with E-state index in [4.69, 9.17) is 0 Å². The van der Waals surface area contributed by atoms with Crippen LogP contribution in [0.5, 0.6) is 0 Å². The molecule has 1 aromatic rings. The summed E-state index contributed by atoms with van der Waals surface area (Å²) in [5.41, 5.74) is 0.874. The highest BCUT2D eigenvalue weighted by Gasteiger charge is 2.52. The lowest BCUT2D eigenvalue weighted by Gasteiger charge is -2.38. The van der Waals surface area contributed by atoms with E-state index in [0.29, 0.717) is 13.0 Å². The Balaban J connectivity index is 1.86. The van der Waals surface area contributed by atoms with Crippen LogP contribution in [0.3, 0.4) is 0 Å². The van der Waals surface area contributed by atoms with E-state index < -0.39 is 0 Å². The van der Waals surface area contributed by atoms with E-state index in [1.165, 1.54) is 0 Å². The van der Waals surface area contributed by atoms with Crippen LogP contribution in [0.1, 0.15) is 37.7 Å². The van der Waals surface area contributed by atoms with Crippen LogP contribution in [0.15, 0.2) is 30.3 Å². The van der Waals surface area contributed by atoms with Gasteiger partial charge in [0.25, 0.3) is 0 Å². The maximum Gasteiger partial charge on any atom is 0.223 e. The number of hydrogen-bond donors (Lipinski definition) is 1. The fourth-order valence-corrected chi connectivity index (χ4v) is 3.50. The summed E-state index contributed by atoms with van der Waals surface area (Å²) in [4.78, 5) is 14.0. The van der Waals surface area contributed by atoms with Crippen LogP contribution in [0, 0.1) is 0 Å². The Morgan fingerprint density at radius 1 is 1.28 bits per heavy atom. The molecular formula is C15H19NO2. The number of carbonyl (C=O) groups is 1. The maximum absolute atomic E-state index is 12.1. The molecule has 1 saturated heterocycles. The van der Waals surface area contributed by atoms with Gasteiger partial charge in [-0.2, -0.15) is 0 Å². The predicted octanol–water partition coefficient (Wildman–Crippen LogP) is 2.09. The lowest BCUT2D eigenvalue weighted by Crippen LogP contribution is -2.50. The summed E-state index contributed by atoms with van der Waals surface area (Å²) in [5, 5.41) is 10.3. The fraction of sp³-hybridized carbons (Fsp3) is 0.533. The molecule has 0 radical (unpaired) electrons. The summed E-state index contributed by atoms with van der Waals surface area (Å²) in [5.74, 6) is 0.194. The minimum Gasteiger partial charge on any atom is -0.391 e. The van der Waals surface area contributed by atoms with Crippen molar-refractivity contribution in [1.82, 2.24) is 4.90 Å². The van der Waals surface area contributed by atoms with Gasteiger partial charge in [-0.05, 0) is 31.2 Å². The molecular weight excluding hydrogens is 226 g/mol. The molecule has 2 atom stereocenters. The topological polar surface area (TPSA) is 40.5 Å². The molecule has 0 bridgehead atoms. The van der Waals surface area contributed by atoms with Gasteiger partial charge in [-0.25, -0.2) is 0 Å². The highest BCUT2D eigenvalue weighted by atomic mass is 16.3. The molecule has 1 heterocycles. The average Bonchev–Trinajstić information content (AvgIpc) is 2.90. The quantitative estimate of drug-likeness (QED) is 0.866. The third-order valence-electron chi connectivity index (χ3n) is 4.50. The maximum atomic E-state index is 12.1. The van der Waals surface area contributed by atoms with Crippen LogP contribution in [0.4, 0.5) is 0 Å². The van der Waals surface area contributed by atoms with E-state index in [1.807, 2.05) is 35.2 Å². The van der Waals surface area contributed by atoms with E-state index in [2.05, 4.69) is 0 Å². The van der Waals surface area contributed by atoms with Gasteiger partial charge in [0, 0.05) is 13.0 Å². The fourth-order valence-electron chi connectivity index (χ4n) is 3.50. The molecule has 1 amide bonds. The van der Waals surface area contributed by atoms with E-state index in [1.54, 1.807) is 0 Å². The Morgan fingerprint density at radius 2 is 2.06 bits per heavy atom. The Kier molecular flexibility index (Phi) is 2.86. The molecule has 2 aliphatic rings. The number of carbonyl (C=O) groups excluding carboxylic acids is 1. The van der Waals surface area contributed by atoms with Gasteiger partial charge in [0.1, 0.15) is 0 Å². The van der Waals surface area contributed by atoms with Crippen molar-refractivity contribution in [3.8, 4) is 0 Å². The third kappa shape index (κ3) is 1.74. The largest absolute Gasteiger partial charge is 0.391 e. The van der Waals surface area contributed by atoms with Crippen molar-refractivity contribution in [2.45, 2.75) is 50.3 Å². The molecule has 3 heteroatoms. The summed E-state index contributed by atoms with van der Waals surface area (Å²) in [6.45, 7) is 0.636. The van der Waals surface area contributed by atoms with Gasteiger partial charge in [0.05, 0.1) is 11.6 Å². The molecule has 18 heavy (non-hydrogen) atoms. The highest BCUT2D eigenvalue weighted by Crippen LogP contribution is 2.44. The summed E-state index contributed by atoms with van der Waals surface area (Å²) in [6, 6.07) is 10.1. The van der Waals surface area contributed by atoms with Crippen LogP contribution in [-0.4, -0.2) is 27.6 Å². The Bertz CT molecular complexity index is 445. The van der Waals surface area contributed by atoms with Gasteiger partial charge in [-0.1, -0.05) is 30.3 Å². The zero-order chi connectivity index (χ0) is 12.6. The molecule has 1 aromatic carbocycles. The standard InChI is InChI=1S/C15H19NO2/c17-13-7-4-9-15(13)10-8-14(18)16(15)11-12-5-2-1-3-6-12/h1-3,5-6,13,17H,4,7-11H2/t13-,15+/m0/s1. The summed E-state index contributed by atoms with van der Waals surface area (Å²) in [6.07, 6.45) is 3.88. The third-order valence-corrected chi connectivity index (χ3v) is 4.50. The van der Waals surface area contributed by atoms with Gasteiger partial charge in [0.15, 0.2) is 0 Å². The molecule has 1 aliphatic heterocycles. The summed E-state index contributed by atoms with van der Waals surface area (Å²) in [7, 11) is 0. The number of benzene rings is 1. The number of likely N-dealkylation sites (tertiary alicyclic amines) is 1. The normalized spacial score (nSPS) is 31.5. The van der Waals surface area contributed by atoms with Gasteiger partial charge < -0.3 is 10.0 Å². The number of aliphatic hydroxyl groups excluding tert-OH is 1. The molecule has 0 aromatic heterocycles. The smallest absolute Gasteiger partial charge is 0.223 e. The van der Waals surface area contributed by atoms with E-state index >= 15 is 0 Å². The molecule has 1 saturated carbocycles. The lowest BCUT2D eigenvalue weighted by molar-refractivity contribution is -0.134. The first-order valence-corrected chi connectivity index (χ1v) is 6.75. The average molecular weight is 245 g/mol. The van der Waals surface area contributed by atoms with Crippen LogP contribution in [0.25, 0.3) is 0 Å². The number of nitrogens with zero attached hydrogens (tertiary/aromatic N) is 1. The first-order chi connectivity index (χ1) is 8.72. The van der Waals surface area contributed by atoms with Gasteiger partial charge in [-0.15, -0.1) is 0 Å². The first kappa shape index (κ1) is 11.7. The van der Waals surface area contributed by atoms with Crippen LogP contribution in [-0.2, 0) is 11.3 Å². The van der Waals surface area contributed by atoms with Gasteiger partial charge >= 0.3 is 0 Å². The van der Waals surface area contributed by atoms with E-state index in [9.17, 15) is 9.90 Å². The molecule has 3 rings (SSSR count). The first-order valence-electron chi connectivity index (χ1n) is 6.75. The number of rotatable bonds is 2. The lowest BCUT2D eigenvalue weighted by atomic mass is 9.91. The van der Waals surface area contributed by atoms with Crippen molar-refractivity contribution in [3.63, 3.8) is 0 Å². The number of aliphatic hydroxyl groups is 1. The van der Waals surface area contributed by atoms with Crippen molar-refractivity contribution >= 4 is 5.91 Å². The Hall–Kier alpha value is -1.35. The molecule has 1 aliphatic carbocycles. The second-order valence-corrected chi connectivity index (χ2v) is 5.48. The summed E-state index contributed by atoms with van der Waals surface area (Å²) < 4.78 is 0. The molecule has 1 spiro atoms. The number of hydrogen-bond acceptors (Lipinski definition) is 2. The minimum absolute atomic E-state index is 0.194. The number of amides is 1. The zero-order valence-electron chi connectivity index (χ0n) is 10.5. The summed E-state index contributed by atoms with van der Waals surface area (Å²) >= 11 is 0. The van der Waals surface area contributed by atoms with Crippen molar-refractivity contribution in [2.24, 2.45) is 0 Å². The molecule has 3 nitrogen and oxygen atoms in total. The molecule has 1 N–H and O–H groups in total. The second-order valence-electron chi connectivity index (χ2n) is 5.48. The monoisotopic (exact) mass is 245 g/mol. The van der Waals surface area contributed by atoms with E-state index in [0.717, 1.165) is 31.2 Å². The van der Waals surface area contributed by atoms with Crippen molar-refractivity contribution in [2.75, 3.05) is 0 Å². The molecule has 0 unspecified atom stereocenters. The molecule has 96 valence electrons. The SMILES string of the molecule is O=C1CC[C@@]2(CCC[C@@H]2O)N1Cc1ccccc1. The minimum atomic E-state index is -0.340. The zero-order valence-corrected chi connectivity index (χ0v) is 10.5. The van der Waals surface area contributed by atoms with Crippen LogP contribution < -0.4 is 0 Å².